The van der Waals surface area contributed by atoms with Crippen LogP contribution in [0.4, 0.5) is 0 Å². The maximum atomic E-state index is 12.8. The van der Waals surface area contributed by atoms with Gasteiger partial charge in [-0.25, -0.2) is 0 Å². The number of hydrogen-bond donors (Lipinski definition) is 1. The van der Waals surface area contributed by atoms with Crippen molar-refractivity contribution in [3.05, 3.63) is 47.5 Å². The number of ether oxygens (including phenoxy) is 4. The van der Waals surface area contributed by atoms with Gasteiger partial charge >= 0.3 is 0 Å². The fraction of sp³-hybridized carbons (Fsp3) is 0.611. The average molecular weight is 669 g/mol. The predicted molar refractivity (Wildman–Crippen MR) is 181 cm³/mol. The molecule has 2 aromatic rings. The molecule has 2 aliphatic heterocycles. The highest BCUT2D eigenvalue weighted by Gasteiger charge is 2.66. The lowest BCUT2D eigenvalue weighted by Gasteiger charge is -2.37. The zero-order valence-corrected chi connectivity index (χ0v) is 30.5. The second-order valence-corrected chi connectivity index (χ2v) is 20.0. The van der Waals surface area contributed by atoms with Gasteiger partial charge in [0.15, 0.2) is 8.32 Å². The number of fused-ring (bicyclic) bond motifs is 2. The third-order valence-electron chi connectivity index (χ3n) is 11.2. The number of methoxy groups -OCH3 is 4. The molecule has 47 heavy (non-hydrogen) atoms. The highest BCUT2D eigenvalue weighted by atomic mass is 28.4. The van der Waals surface area contributed by atoms with E-state index in [0.29, 0.717) is 26.2 Å². The first-order chi connectivity index (χ1) is 22.2. The average Bonchev–Trinajstić information content (AvgIpc) is 3.92. The molecule has 2 heterocycles. The predicted octanol–water partition coefficient (Wildman–Crippen LogP) is 5.12. The first kappa shape index (κ1) is 35.0. The molecule has 4 unspecified atom stereocenters. The van der Waals surface area contributed by atoms with Gasteiger partial charge in [-0.05, 0) is 55.2 Å². The summed E-state index contributed by atoms with van der Waals surface area (Å²) in [6.45, 7) is 14.6. The van der Waals surface area contributed by atoms with Crippen LogP contribution in [0.25, 0.3) is 0 Å². The fourth-order valence-corrected chi connectivity index (χ4v) is 7.80. The standard InChI is InChI=1S/C21H33NO4Si.C15H19NO4/c1-20(2,3)27(6,7)26-14-21-11-17(21)19(23)22(13-21)12-15-8-9-16(24-4)10-18(15)25-5;1-19-11-4-3-10(13(5-11)20-2)7-16-8-15(9-17)6-12(15)14(16)18/h8-10,17H,11-14H2,1-7H3;3-5,12,17H,6-9H2,1-2H3. The van der Waals surface area contributed by atoms with Gasteiger partial charge in [-0.15, -0.1) is 0 Å². The molecule has 0 aromatic heterocycles. The van der Waals surface area contributed by atoms with Crippen LogP contribution in [0.3, 0.4) is 0 Å². The van der Waals surface area contributed by atoms with Crippen molar-refractivity contribution in [3.63, 3.8) is 0 Å². The van der Waals surface area contributed by atoms with E-state index in [9.17, 15) is 14.7 Å². The normalized spacial score (nSPS) is 25.9. The Hall–Kier alpha value is -3.28. The molecule has 4 atom stereocenters. The van der Waals surface area contributed by atoms with Crippen LogP contribution >= 0.6 is 0 Å². The second kappa shape index (κ2) is 13.0. The minimum Gasteiger partial charge on any atom is -0.497 e. The van der Waals surface area contributed by atoms with Crippen LogP contribution in [0.2, 0.25) is 18.1 Å². The summed E-state index contributed by atoms with van der Waals surface area (Å²) in [5, 5.41) is 9.60. The molecule has 4 aliphatic rings. The molecule has 2 amide bonds. The highest BCUT2D eigenvalue weighted by molar-refractivity contribution is 6.74. The number of aliphatic hydroxyl groups excluding tert-OH is 1. The zero-order chi connectivity index (χ0) is 34.4. The van der Waals surface area contributed by atoms with Gasteiger partial charge in [-0.2, -0.15) is 0 Å². The van der Waals surface area contributed by atoms with Crippen LogP contribution in [0, 0.1) is 22.7 Å². The summed E-state index contributed by atoms with van der Waals surface area (Å²) in [6.07, 6.45) is 1.80. The van der Waals surface area contributed by atoms with Gasteiger partial charge in [0.2, 0.25) is 11.8 Å². The molecule has 0 bridgehead atoms. The maximum absolute atomic E-state index is 12.8. The fourth-order valence-electron chi connectivity index (χ4n) is 6.71. The third kappa shape index (κ3) is 6.84. The summed E-state index contributed by atoms with van der Waals surface area (Å²) in [5.74, 6) is 3.52. The Bertz CT molecular complexity index is 1490. The van der Waals surface area contributed by atoms with Crippen LogP contribution in [0.5, 0.6) is 23.0 Å². The summed E-state index contributed by atoms with van der Waals surface area (Å²) in [7, 11) is 4.70. The number of benzene rings is 2. The number of likely N-dealkylation sites (tertiary alicyclic amines) is 2. The van der Waals surface area contributed by atoms with E-state index in [1.165, 1.54) is 0 Å². The van der Waals surface area contributed by atoms with E-state index in [-0.39, 0.29) is 46.1 Å². The largest absolute Gasteiger partial charge is 0.497 e. The van der Waals surface area contributed by atoms with Crippen molar-refractivity contribution < 1.29 is 38.1 Å². The highest BCUT2D eigenvalue weighted by Crippen LogP contribution is 2.60. The molecule has 258 valence electrons. The molecule has 2 saturated carbocycles. The topological polar surface area (TPSA) is 107 Å². The number of aliphatic hydroxyl groups is 1. The molecule has 6 rings (SSSR count). The Morgan fingerprint density at radius 3 is 1.62 bits per heavy atom. The number of carbonyl (C=O) groups is 2. The quantitative estimate of drug-likeness (QED) is 0.311. The number of amides is 2. The Labute approximate surface area is 280 Å². The number of hydrogen-bond acceptors (Lipinski definition) is 8. The molecular weight excluding hydrogens is 616 g/mol. The van der Waals surface area contributed by atoms with E-state index in [4.69, 9.17) is 23.4 Å². The Balaban J connectivity index is 0.000000193. The van der Waals surface area contributed by atoms with Crippen LogP contribution in [0.1, 0.15) is 44.7 Å². The Morgan fingerprint density at radius 2 is 1.21 bits per heavy atom. The first-order valence-electron chi connectivity index (χ1n) is 16.4. The summed E-state index contributed by atoms with van der Waals surface area (Å²) in [6, 6.07) is 11.4. The lowest BCUT2D eigenvalue weighted by atomic mass is 10.1. The van der Waals surface area contributed by atoms with Crippen LogP contribution < -0.4 is 18.9 Å². The second-order valence-electron chi connectivity index (χ2n) is 15.2. The van der Waals surface area contributed by atoms with Crippen molar-refractivity contribution in [2.24, 2.45) is 22.7 Å². The van der Waals surface area contributed by atoms with E-state index in [1.807, 2.05) is 46.2 Å². The van der Waals surface area contributed by atoms with Crippen LogP contribution in [-0.2, 0) is 27.1 Å². The summed E-state index contributed by atoms with van der Waals surface area (Å²) >= 11 is 0. The van der Waals surface area contributed by atoms with Crippen molar-refractivity contribution in [1.29, 1.82) is 0 Å². The van der Waals surface area contributed by atoms with Gasteiger partial charge in [0.25, 0.3) is 0 Å². The number of nitrogens with zero attached hydrogens (tertiary/aromatic N) is 2. The van der Waals surface area contributed by atoms with Crippen molar-refractivity contribution in [3.8, 4) is 23.0 Å². The van der Waals surface area contributed by atoms with Crippen LogP contribution in [0.15, 0.2) is 36.4 Å². The molecule has 2 aromatic carbocycles. The Kier molecular flexibility index (Phi) is 9.67. The molecule has 2 aliphatic carbocycles. The van der Waals surface area contributed by atoms with E-state index in [1.54, 1.807) is 28.4 Å². The smallest absolute Gasteiger partial charge is 0.226 e. The summed E-state index contributed by atoms with van der Waals surface area (Å²) in [4.78, 5) is 28.8. The van der Waals surface area contributed by atoms with E-state index >= 15 is 0 Å². The van der Waals surface area contributed by atoms with Crippen molar-refractivity contribution in [2.75, 3.05) is 54.7 Å². The number of carbonyl (C=O) groups excluding carboxylic acids is 2. The van der Waals surface area contributed by atoms with Crippen molar-refractivity contribution >= 4 is 20.1 Å². The molecule has 2 saturated heterocycles. The molecule has 4 fully saturated rings. The van der Waals surface area contributed by atoms with Gasteiger partial charge in [0.1, 0.15) is 23.0 Å². The van der Waals surface area contributed by atoms with Gasteiger partial charge < -0.3 is 38.3 Å². The Morgan fingerprint density at radius 1 is 0.766 bits per heavy atom. The summed E-state index contributed by atoms with van der Waals surface area (Å²) in [5.41, 5.74) is 1.81. The maximum Gasteiger partial charge on any atom is 0.226 e. The molecule has 0 spiro atoms. The van der Waals surface area contributed by atoms with Crippen molar-refractivity contribution in [2.45, 2.75) is 64.8 Å². The van der Waals surface area contributed by atoms with Gasteiger partial charge in [0.05, 0.1) is 35.0 Å². The molecule has 10 nitrogen and oxygen atoms in total. The lowest BCUT2D eigenvalue weighted by molar-refractivity contribution is -0.131. The van der Waals surface area contributed by atoms with Gasteiger partial charge in [-0.3, -0.25) is 9.59 Å². The van der Waals surface area contributed by atoms with Gasteiger partial charge in [0, 0.05) is 78.7 Å². The van der Waals surface area contributed by atoms with E-state index < -0.39 is 8.32 Å². The molecule has 0 radical (unpaired) electrons. The lowest BCUT2D eigenvalue weighted by Crippen LogP contribution is -2.42. The first-order valence-corrected chi connectivity index (χ1v) is 19.3. The molecule has 1 N–H and O–H groups in total. The minimum absolute atomic E-state index is 0.0201. The van der Waals surface area contributed by atoms with Crippen LogP contribution in [-0.4, -0.2) is 89.8 Å². The zero-order valence-electron chi connectivity index (χ0n) is 29.5. The van der Waals surface area contributed by atoms with E-state index in [0.717, 1.165) is 53.5 Å². The van der Waals surface area contributed by atoms with E-state index in [2.05, 4.69) is 33.9 Å². The monoisotopic (exact) mass is 668 g/mol. The van der Waals surface area contributed by atoms with Gasteiger partial charge in [-0.1, -0.05) is 20.8 Å². The molecule has 11 heteroatoms. The SMILES string of the molecule is COc1ccc(CN2CC3(CO)CC3C2=O)c(OC)c1.COc1ccc(CN2CC3(CO[Si](C)(C)C(C)(C)C)CC3C2=O)c(OC)c1. The number of rotatable bonds is 12. The minimum atomic E-state index is -1.80. The number of piperidine rings is 2. The van der Waals surface area contributed by atoms with Crippen molar-refractivity contribution in [1.82, 2.24) is 9.80 Å². The third-order valence-corrected chi connectivity index (χ3v) is 15.6. The molecular formula is C36H52N2O8Si. The summed E-state index contributed by atoms with van der Waals surface area (Å²) < 4.78 is 27.7.